The lowest BCUT2D eigenvalue weighted by molar-refractivity contribution is 0.424. The summed E-state index contributed by atoms with van der Waals surface area (Å²) in [5.74, 6) is 1.19. The van der Waals surface area contributed by atoms with E-state index in [9.17, 15) is 0 Å². The van der Waals surface area contributed by atoms with Crippen LogP contribution in [0.2, 0.25) is 0 Å². The Balaban J connectivity index is 1.98. The second-order valence-electron chi connectivity index (χ2n) is 5.03. The van der Waals surface area contributed by atoms with Gasteiger partial charge in [-0.15, -0.1) is 0 Å². The van der Waals surface area contributed by atoms with Crippen molar-refractivity contribution in [3.8, 4) is 11.5 Å². The molecule has 0 amide bonds. The van der Waals surface area contributed by atoms with Gasteiger partial charge in [0.2, 0.25) is 0 Å². The average molecular weight is 285 g/mol. The molecule has 2 aromatic rings. The minimum absolute atomic E-state index is 0.309. The van der Waals surface area contributed by atoms with Crippen LogP contribution in [0.15, 0.2) is 42.7 Å². The minimum atomic E-state index is -1.54. The predicted octanol–water partition coefficient (Wildman–Crippen LogP) is 2.29. The summed E-state index contributed by atoms with van der Waals surface area (Å²) >= 11 is 0. The molecule has 21 heavy (non-hydrogen) atoms. The molecule has 1 aromatic heterocycles. The Labute approximate surface area is 125 Å². The zero-order chi connectivity index (χ0) is 15.1. The fraction of sp³-hybridized carbons (Fsp3) is 0.312. The van der Waals surface area contributed by atoms with E-state index in [-0.39, 0.29) is 0 Å². The maximum absolute atomic E-state index is 9.11. The third kappa shape index (κ3) is 4.88. The Morgan fingerprint density at radius 3 is 2.48 bits per heavy atom. The number of pyridine rings is 1. The van der Waals surface area contributed by atoms with Crippen LogP contribution in [0.1, 0.15) is 31.7 Å². The molecule has 5 heteroatoms. The lowest BCUT2D eigenvalue weighted by Gasteiger charge is -2.08. The fourth-order valence-corrected chi connectivity index (χ4v) is 2.07. The summed E-state index contributed by atoms with van der Waals surface area (Å²) in [4.78, 5) is 3.92. The van der Waals surface area contributed by atoms with Gasteiger partial charge < -0.3 is 14.8 Å². The van der Waals surface area contributed by atoms with E-state index in [1.165, 1.54) is 31.0 Å². The number of aryl methyl sites for hydroxylation is 1. The minimum Gasteiger partial charge on any atom is -0.456 e. The molecule has 1 heterocycles. The van der Waals surface area contributed by atoms with Crippen molar-refractivity contribution < 1.29 is 14.8 Å². The summed E-state index contributed by atoms with van der Waals surface area (Å²) in [5, 5.41) is 18.2. The molecule has 2 N–H and O–H groups in total. The number of rotatable bonds is 7. The molecule has 0 aliphatic rings. The van der Waals surface area contributed by atoms with Crippen LogP contribution < -0.4 is 10.2 Å². The van der Waals surface area contributed by atoms with Gasteiger partial charge >= 0.3 is 7.12 Å². The molecule has 0 radical (unpaired) electrons. The monoisotopic (exact) mass is 285 g/mol. The van der Waals surface area contributed by atoms with Crippen LogP contribution in [0.4, 0.5) is 0 Å². The Hall–Kier alpha value is -1.85. The molecule has 0 atom stereocenters. The topological polar surface area (TPSA) is 62.6 Å². The highest BCUT2D eigenvalue weighted by Crippen LogP contribution is 2.20. The molecule has 0 aliphatic carbocycles. The highest BCUT2D eigenvalue weighted by Gasteiger charge is 2.12. The summed E-state index contributed by atoms with van der Waals surface area (Å²) in [5.41, 5.74) is 1.61. The molecule has 0 saturated carbocycles. The number of hydrogen-bond donors (Lipinski definition) is 2. The summed E-state index contributed by atoms with van der Waals surface area (Å²) < 4.78 is 5.67. The van der Waals surface area contributed by atoms with E-state index >= 15 is 0 Å². The molecule has 2 rings (SSSR count). The standard InChI is InChI=1S/C16H20BNO3/c1-2-3-4-5-13-6-8-15(9-7-13)21-16-10-14(17(19)20)11-18-12-16/h6-12,19-20H,2-5H2,1H3. The van der Waals surface area contributed by atoms with E-state index in [4.69, 9.17) is 14.8 Å². The van der Waals surface area contributed by atoms with Crippen LogP contribution >= 0.6 is 0 Å². The largest absolute Gasteiger partial charge is 0.490 e. The number of benzene rings is 1. The van der Waals surface area contributed by atoms with Gasteiger partial charge in [-0.25, -0.2) is 0 Å². The second kappa shape index (κ2) is 7.81. The Kier molecular flexibility index (Phi) is 5.78. The molecule has 0 bridgehead atoms. The Morgan fingerprint density at radius 1 is 1.05 bits per heavy atom. The summed E-state index contributed by atoms with van der Waals surface area (Å²) in [6.45, 7) is 2.20. The Morgan fingerprint density at radius 2 is 1.81 bits per heavy atom. The maximum Gasteiger partial charge on any atom is 0.490 e. The summed E-state index contributed by atoms with van der Waals surface area (Å²) in [6.07, 6.45) is 7.70. The third-order valence-electron chi connectivity index (χ3n) is 3.26. The van der Waals surface area contributed by atoms with E-state index in [0.29, 0.717) is 17.0 Å². The van der Waals surface area contributed by atoms with E-state index in [2.05, 4.69) is 24.0 Å². The molecule has 4 nitrogen and oxygen atoms in total. The molecule has 0 unspecified atom stereocenters. The normalized spacial score (nSPS) is 10.4. The van der Waals surface area contributed by atoms with E-state index in [1.807, 2.05) is 12.1 Å². The van der Waals surface area contributed by atoms with Crippen LogP contribution in [0, 0.1) is 0 Å². The van der Waals surface area contributed by atoms with Gasteiger partial charge in [-0.3, -0.25) is 4.98 Å². The first-order valence-corrected chi connectivity index (χ1v) is 7.27. The first-order chi connectivity index (χ1) is 10.2. The van der Waals surface area contributed by atoms with Crippen LogP contribution in [0.5, 0.6) is 11.5 Å². The molecular weight excluding hydrogens is 265 g/mol. The average Bonchev–Trinajstić information content (AvgIpc) is 2.49. The molecule has 0 saturated heterocycles. The van der Waals surface area contributed by atoms with Gasteiger partial charge in [0.25, 0.3) is 0 Å². The predicted molar refractivity (Wildman–Crippen MR) is 83.8 cm³/mol. The van der Waals surface area contributed by atoms with E-state index in [0.717, 1.165) is 6.42 Å². The molecule has 0 fully saturated rings. The van der Waals surface area contributed by atoms with Crippen molar-refractivity contribution in [2.45, 2.75) is 32.6 Å². The zero-order valence-electron chi connectivity index (χ0n) is 12.2. The molecular formula is C16H20BNO3. The second-order valence-corrected chi connectivity index (χ2v) is 5.03. The lowest BCUT2D eigenvalue weighted by Crippen LogP contribution is -2.29. The molecule has 110 valence electrons. The van der Waals surface area contributed by atoms with Crippen molar-refractivity contribution in [3.63, 3.8) is 0 Å². The Bertz CT molecular complexity index is 558. The van der Waals surface area contributed by atoms with Gasteiger partial charge in [-0.1, -0.05) is 31.9 Å². The van der Waals surface area contributed by atoms with E-state index in [1.54, 1.807) is 12.3 Å². The highest BCUT2D eigenvalue weighted by molar-refractivity contribution is 6.58. The first kappa shape index (κ1) is 15.5. The van der Waals surface area contributed by atoms with Crippen LogP contribution in [-0.4, -0.2) is 22.2 Å². The van der Waals surface area contributed by atoms with Gasteiger partial charge in [0.05, 0.1) is 6.20 Å². The number of unbranched alkanes of at least 4 members (excludes halogenated alkanes) is 2. The van der Waals surface area contributed by atoms with Crippen LogP contribution in [0.3, 0.4) is 0 Å². The van der Waals surface area contributed by atoms with E-state index < -0.39 is 7.12 Å². The molecule has 0 aliphatic heterocycles. The van der Waals surface area contributed by atoms with Crippen molar-refractivity contribution in [1.29, 1.82) is 0 Å². The number of nitrogens with zero attached hydrogens (tertiary/aromatic N) is 1. The highest BCUT2D eigenvalue weighted by atomic mass is 16.5. The van der Waals surface area contributed by atoms with Crippen molar-refractivity contribution in [2.75, 3.05) is 0 Å². The van der Waals surface area contributed by atoms with Crippen molar-refractivity contribution in [3.05, 3.63) is 48.3 Å². The third-order valence-corrected chi connectivity index (χ3v) is 3.26. The van der Waals surface area contributed by atoms with Crippen molar-refractivity contribution in [1.82, 2.24) is 4.98 Å². The van der Waals surface area contributed by atoms with Gasteiger partial charge in [-0.05, 0) is 36.6 Å². The summed E-state index contributed by atoms with van der Waals surface area (Å²) in [7, 11) is -1.54. The van der Waals surface area contributed by atoms with Crippen LogP contribution in [-0.2, 0) is 6.42 Å². The zero-order valence-corrected chi connectivity index (χ0v) is 12.2. The molecule has 0 spiro atoms. The maximum atomic E-state index is 9.11. The lowest BCUT2D eigenvalue weighted by atomic mass is 9.82. The van der Waals surface area contributed by atoms with Crippen molar-refractivity contribution >= 4 is 12.6 Å². The molecule has 1 aromatic carbocycles. The fourth-order valence-electron chi connectivity index (χ4n) is 2.07. The first-order valence-electron chi connectivity index (χ1n) is 7.27. The van der Waals surface area contributed by atoms with Gasteiger partial charge in [-0.2, -0.15) is 0 Å². The summed E-state index contributed by atoms with van der Waals surface area (Å²) in [6, 6.07) is 9.52. The van der Waals surface area contributed by atoms with Gasteiger partial charge in [0.1, 0.15) is 11.5 Å². The van der Waals surface area contributed by atoms with Gasteiger partial charge in [0, 0.05) is 11.7 Å². The SMILES string of the molecule is CCCCCc1ccc(Oc2cncc(B(O)O)c2)cc1. The number of hydrogen-bond acceptors (Lipinski definition) is 4. The quantitative estimate of drug-likeness (QED) is 0.605. The number of aromatic nitrogens is 1. The number of ether oxygens (including phenoxy) is 1. The van der Waals surface area contributed by atoms with Gasteiger partial charge in [0.15, 0.2) is 0 Å². The smallest absolute Gasteiger partial charge is 0.456 e. The van der Waals surface area contributed by atoms with Crippen molar-refractivity contribution in [2.24, 2.45) is 0 Å². The van der Waals surface area contributed by atoms with Crippen LogP contribution in [0.25, 0.3) is 0 Å².